The fourth-order valence-electron chi connectivity index (χ4n) is 3.20. The van der Waals surface area contributed by atoms with E-state index in [1.807, 2.05) is 38.1 Å². The van der Waals surface area contributed by atoms with E-state index in [1.165, 1.54) is 6.07 Å². The van der Waals surface area contributed by atoms with Crippen molar-refractivity contribution in [1.29, 1.82) is 0 Å². The van der Waals surface area contributed by atoms with E-state index in [4.69, 9.17) is 11.6 Å². The lowest BCUT2D eigenvalue weighted by Crippen LogP contribution is -2.16. The second-order valence-corrected chi connectivity index (χ2v) is 8.34. The van der Waals surface area contributed by atoms with Crippen molar-refractivity contribution in [3.63, 3.8) is 0 Å². The third-order valence-corrected chi connectivity index (χ3v) is 6.18. The lowest BCUT2D eigenvalue weighted by atomic mass is 10.0. The van der Waals surface area contributed by atoms with Crippen LogP contribution in [-0.4, -0.2) is 18.9 Å². The summed E-state index contributed by atoms with van der Waals surface area (Å²) in [7, 11) is 0. The van der Waals surface area contributed by atoms with Crippen LogP contribution in [0.4, 0.5) is 4.39 Å². The van der Waals surface area contributed by atoms with Crippen LogP contribution >= 0.6 is 23.4 Å². The zero-order valence-electron chi connectivity index (χ0n) is 15.6. The normalized spacial score (nSPS) is 13.6. The van der Waals surface area contributed by atoms with Gasteiger partial charge in [-0.05, 0) is 68.6 Å². The van der Waals surface area contributed by atoms with Gasteiger partial charge < -0.3 is 5.32 Å². The molecule has 0 saturated heterocycles. The summed E-state index contributed by atoms with van der Waals surface area (Å²) >= 11 is 8.00. The van der Waals surface area contributed by atoms with Gasteiger partial charge in [0, 0.05) is 16.2 Å². The van der Waals surface area contributed by atoms with Crippen LogP contribution < -0.4 is 5.32 Å². The molecule has 0 atom stereocenters. The number of halogens is 2. The molecule has 2 aromatic carbocycles. The Balaban J connectivity index is 1.77. The smallest absolute Gasteiger partial charge is 0.185 e. The van der Waals surface area contributed by atoms with Gasteiger partial charge in [-0.2, -0.15) is 0 Å². The van der Waals surface area contributed by atoms with E-state index in [0.29, 0.717) is 17.0 Å². The topological polar surface area (TPSA) is 29.1 Å². The van der Waals surface area contributed by atoms with Crippen molar-refractivity contribution in [1.82, 2.24) is 5.32 Å². The van der Waals surface area contributed by atoms with Crippen LogP contribution in [-0.2, 0) is 18.6 Å². The van der Waals surface area contributed by atoms with Crippen LogP contribution in [0.3, 0.4) is 0 Å². The summed E-state index contributed by atoms with van der Waals surface area (Å²) < 4.78 is 14.3. The maximum atomic E-state index is 14.3. The molecule has 27 heavy (non-hydrogen) atoms. The Morgan fingerprint density at radius 2 is 1.85 bits per heavy atom. The molecule has 1 N–H and O–H groups in total. The molecule has 2 nitrogen and oxygen atoms in total. The number of carbonyl (C=O) groups excluding carboxylic acids is 1. The van der Waals surface area contributed by atoms with E-state index < -0.39 is 0 Å². The number of carbonyl (C=O) groups is 1. The fourth-order valence-corrected chi connectivity index (χ4v) is 4.67. The molecule has 0 fully saturated rings. The fraction of sp³-hybridized carbons (Fsp3) is 0.318. The largest absolute Gasteiger partial charge is 0.316 e. The molecule has 0 aromatic heterocycles. The number of hydrogen-bond donors (Lipinski definition) is 1. The summed E-state index contributed by atoms with van der Waals surface area (Å²) in [5.41, 5.74) is 4.60. The number of benzene rings is 2. The highest BCUT2D eigenvalue weighted by Gasteiger charge is 2.19. The van der Waals surface area contributed by atoms with Crippen LogP contribution in [0.15, 0.2) is 46.9 Å². The van der Waals surface area contributed by atoms with Gasteiger partial charge in [0.25, 0.3) is 0 Å². The van der Waals surface area contributed by atoms with Gasteiger partial charge in [-0.25, -0.2) is 4.39 Å². The molecule has 0 bridgehead atoms. The van der Waals surface area contributed by atoms with E-state index in [0.717, 1.165) is 52.4 Å². The second-order valence-electron chi connectivity index (χ2n) is 6.95. The third kappa shape index (κ3) is 5.01. The number of fused-ring (bicyclic) bond motifs is 1. The highest BCUT2D eigenvalue weighted by atomic mass is 35.5. The number of nitrogens with one attached hydrogen (secondary N) is 1. The molecule has 1 aliphatic heterocycles. The average Bonchev–Trinajstić information content (AvgIpc) is 2.88. The van der Waals surface area contributed by atoms with E-state index in [-0.39, 0.29) is 11.6 Å². The van der Waals surface area contributed by atoms with Gasteiger partial charge in [-0.1, -0.05) is 41.4 Å². The van der Waals surface area contributed by atoms with Gasteiger partial charge in [0.05, 0.1) is 5.02 Å². The second kappa shape index (κ2) is 9.05. The summed E-state index contributed by atoms with van der Waals surface area (Å²) in [4.78, 5) is 13.0. The highest BCUT2D eigenvalue weighted by molar-refractivity contribution is 7.98. The number of rotatable bonds is 5. The average molecular weight is 404 g/mol. The van der Waals surface area contributed by atoms with E-state index in [2.05, 4.69) is 5.32 Å². The van der Waals surface area contributed by atoms with Crippen LogP contribution in [0.25, 0.3) is 0 Å². The van der Waals surface area contributed by atoms with Gasteiger partial charge in [0.15, 0.2) is 5.78 Å². The van der Waals surface area contributed by atoms with Crippen LogP contribution in [0.2, 0.25) is 5.02 Å². The SMILES string of the molecule is CC(C)=CC(=O)c1ccc(CSc2c(Cl)cc(F)c3c2CCNCC3)cc1. The Bertz CT molecular complexity index is 873. The summed E-state index contributed by atoms with van der Waals surface area (Å²) in [6, 6.07) is 9.09. The summed E-state index contributed by atoms with van der Waals surface area (Å²) in [5, 5.41) is 3.80. The van der Waals surface area contributed by atoms with Crippen LogP contribution in [0, 0.1) is 5.82 Å². The standard InChI is InChI=1S/C22H23ClFNOS/c1-14(2)11-21(26)16-5-3-15(4-6-16)13-27-22-18-8-10-25-9-7-17(18)20(24)12-19(22)23/h3-6,11-12,25H,7-10,13H2,1-2H3. The van der Waals surface area contributed by atoms with E-state index in [1.54, 1.807) is 17.8 Å². The van der Waals surface area contributed by atoms with Gasteiger partial charge in [0.2, 0.25) is 0 Å². The molecule has 0 saturated carbocycles. The Hall–Kier alpha value is -1.62. The van der Waals surface area contributed by atoms with Crippen molar-refractivity contribution in [3.05, 3.63) is 75.1 Å². The highest BCUT2D eigenvalue weighted by Crippen LogP contribution is 2.37. The predicted molar refractivity (Wildman–Crippen MR) is 111 cm³/mol. The maximum absolute atomic E-state index is 14.3. The first-order chi connectivity index (χ1) is 13.0. The molecular formula is C22H23ClFNOS. The molecule has 5 heteroatoms. The monoisotopic (exact) mass is 403 g/mol. The first-order valence-electron chi connectivity index (χ1n) is 9.07. The Morgan fingerprint density at radius 3 is 2.52 bits per heavy atom. The number of allylic oxidation sites excluding steroid dienone is 2. The molecule has 0 amide bonds. The molecule has 1 heterocycles. The summed E-state index contributed by atoms with van der Waals surface area (Å²) in [5.74, 6) is 0.543. The Morgan fingerprint density at radius 1 is 1.19 bits per heavy atom. The molecule has 1 aliphatic rings. The summed E-state index contributed by atoms with van der Waals surface area (Å²) in [6.07, 6.45) is 3.11. The van der Waals surface area contributed by atoms with Crippen molar-refractivity contribution in [2.75, 3.05) is 13.1 Å². The zero-order chi connectivity index (χ0) is 19.4. The molecule has 142 valence electrons. The Labute approximate surface area is 169 Å². The van der Waals surface area contributed by atoms with Gasteiger partial charge in [0.1, 0.15) is 5.82 Å². The first kappa shape index (κ1) is 20.1. The third-order valence-electron chi connectivity index (χ3n) is 4.54. The molecule has 3 rings (SSSR count). The van der Waals surface area contributed by atoms with Gasteiger partial charge in [-0.3, -0.25) is 4.79 Å². The molecule has 0 radical (unpaired) electrons. The molecule has 2 aromatic rings. The number of thioether (sulfide) groups is 1. The van der Waals surface area contributed by atoms with Crippen LogP contribution in [0.1, 0.15) is 40.9 Å². The maximum Gasteiger partial charge on any atom is 0.185 e. The first-order valence-corrected chi connectivity index (χ1v) is 10.4. The minimum Gasteiger partial charge on any atom is -0.316 e. The van der Waals surface area contributed by atoms with Gasteiger partial charge in [-0.15, -0.1) is 11.8 Å². The summed E-state index contributed by atoms with van der Waals surface area (Å²) in [6.45, 7) is 5.44. The molecule has 0 aliphatic carbocycles. The lowest BCUT2D eigenvalue weighted by Gasteiger charge is -2.15. The van der Waals surface area contributed by atoms with Gasteiger partial charge >= 0.3 is 0 Å². The minimum atomic E-state index is -0.204. The van der Waals surface area contributed by atoms with Crippen LogP contribution in [0.5, 0.6) is 0 Å². The number of hydrogen-bond acceptors (Lipinski definition) is 3. The quantitative estimate of drug-likeness (QED) is 0.399. The van der Waals surface area contributed by atoms with Crippen molar-refractivity contribution >= 4 is 29.1 Å². The Kier molecular flexibility index (Phi) is 6.74. The minimum absolute atomic E-state index is 0.0219. The van der Waals surface area contributed by atoms with E-state index in [9.17, 15) is 9.18 Å². The van der Waals surface area contributed by atoms with Crippen molar-refractivity contribution in [2.45, 2.75) is 37.3 Å². The van der Waals surface area contributed by atoms with E-state index >= 15 is 0 Å². The van der Waals surface area contributed by atoms with Crippen molar-refractivity contribution in [3.8, 4) is 0 Å². The molecular weight excluding hydrogens is 381 g/mol. The van der Waals surface area contributed by atoms with Crippen molar-refractivity contribution < 1.29 is 9.18 Å². The molecule has 0 unspecified atom stereocenters. The predicted octanol–water partition coefficient (Wildman–Crippen LogP) is 5.61. The van der Waals surface area contributed by atoms with Crippen molar-refractivity contribution in [2.24, 2.45) is 0 Å². The molecule has 0 spiro atoms. The number of ketones is 1. The lowest BCUT2D eigenvalue weighted by molar-refractivity contribution is 0.104. The zero-order valence-corrected chi connectivity index (χ0v) is 17.1.